The number of hydrogen-bond donors (Lipinski definition) is 0. The summed E-state index contributed by atoms with van der Waals surface area (Å²) in [6, 6.07) is 0. The van der Waals surface area contributed by atoms with Crippen LogP contribution in [0.1, 0.15) is 6.92 Å². The van der Waals surface area contributed by atoms with Gasteiger partial charge in [-0.3, -0.25) is 0 Å². The highest BCUT2D eigenvalue weighted by atomic mass is 35.6. The molecule has 3 nitrogen and oxygen atoms in total. The second-order valence-corrected chi connectivity index (χ2v) is 5.35. The summed E-state index contributed by atoms with van der Waals surface area (Å²) >= 11 is 19.3. The Kier molecular flexibility index (Phi) is 5.41. The van der Waals surface area contributed by atoms with E-state index in [0.29, 0.717) is 6.61 Å². The van der Waals surface area contributed by atoms with Gasteiger partial charge in [0.25, 0.3) is 3.25 Å². The Labute approximate surface area is 89.8 Å². The molecule has 72 valence electrons. The maximum atomic E-state index is 10.0. The average molecular weight is 256 g/mol. The first-order valence-corrected chi connectivity index (χ1v) is 4.39. The molecule has 1 heterocycles. The summed E-state index contributed by atoms with van der Waals surface area (Å²) in [7, 11) is 0. The van der Waals surface area contributed by atoms with Crippen LogP contribution in [0.5, 0.6) is 0 Å². The molecule has 1 unspecified atom stereocenters. The monoisotopic (exact) mass is 254 g/mol. The third-order valence-corrected chi connectivity index (χ3v) is 0.733. The van der Waals surface area contributed by atoms with Crippen molar-refractivity contribution in [2.24, 2.45) is 0 Å². The molecule has 1 aliphatic rings. The topological polar surface area (TPSA) is 35.5 Å². The summed E-state index contributed by atoms with van der Waals surface area (Å²) in [5.74, 6) is 0. The molecule has 0 saturated carbocycles. The molecule has 0 bridgehead atoms. The number of carbonyl (C=O) groups is 1. The first-order valence-electron chi connectivity index (χ1n) is 2.88. The first-order chi connectivity index (χ1) is 5.29. The Hall–Kier alpha value is 0.430. The summed E-state index contributed by atoms with van der Waals surface area (Å²) in [4.78, 5) is 10.0. The van der Waals surface area contributed by atoms with Crippen LogP contribution in [0.3, 0.4) is 0 Å². The van der Waals surface area contributed by atoms with Crippen molar-refractivity contribution < 1.29 is 14.3 Å². The van der Waals surface area contributed by atoms with Gasteiger partial charge < -0.3 is 9.47 Å². The quantitative estimate of drug-likeness (QED) is 0.493. The first kappa shape index (κ1) is 12.4. The lowest BCUT2D eigenvalue weighted by atomic mass is 10.5. The molecule has 0 N–H and O–H groups in total. The van der Waals surface area contributed by atoms with Crippen molar-refractivity contribution in [3.8, 4) is 0 Å². The SMILES string of the molecule is CC1COC(=O)O1.ClC(Cl)(Cl)Cl. The standard InChI is InChI=1S/C4H6O3.CCl4/c1-3-2-6-4(5)7-3;2-1(3,4)5/h3H,2H2,1H3;. The molecule has 1 aliphatic heterocycles. The van der Waals surface area contributed by atoms with E-state index in [-0.39, 0.29) is 6.10 Å². The van der Waals surface area contributed by atoms with Crippen molar-refractivity contribution in [3.05, 3.63) is 0 Å². The van der Waals surface area contributed by atoms with Crippen LogP contribution in [0.15, 0.2) is 0 Å². The number of ether oxygens (including phenoxy) is 2. The second-order valence-electron chi connectivity index (χ2n) is 1.92. The van der Waals surface area contributed by atoms with Crippen molar-refractivity contribution in [2.45, 2.75) is 16.3 Å². The Morgan fingerprint density at radius 2 is 1.83 bits per heavy atom. The molecular weight excluding hydrogens is 250 g/mol. The number of halogens is 4. The van der Waals surface area contributed by atoms with Gasteiger partial charge >= 0.3 is 6.16 Å². The molecule has 0 amide bonds. The maximum Gasteiger partial charge on any atom is 0.508 e. The smallest absolute Gasteiger partial charge is 0.430 e. The maximum absolute atomic E-state index is 10.0. The fourth-order valence-corrected chi connectivity index (χ4v) is 0.418. The van der Waals surface area contributed by atoms with Gasteiger partial charge in [-0.15, -0.1) is 0 Å². The van der Waals surface area contributed by atoms with Crippen molar-refractivity contribution in [1.82, 2.24) is 0 Å². The van der Waals surface area contributed by atoms with E-state index in [1.807, 2.05) is 0 Å². The predicted molar refractivity (Wildman–Crippen MR) is 48.0 cm³/mol. The van der Waals surface area contributed by atoms with E-state index in [9.17, 15) is 4.79 Å². The van der Waals surface area contributed by atoms with Gasteiger partial charge in [-0.05, 0) is 6.92 Å². The van der Waals surface area contributed by atoms with Crippen LogP contribution in [0.2, 0.25) is 0 Å². The Morgan fingerprint density at radius 3 is 1.92 bits per heavy atom. The molecule has 1 fully saturated rings. The number of alkyl halides is 4. The van der Waals surface area contributed by atoms with Gasteiger partial charge in [-0.25, -0.2) is 4.79 Å². The zero-order valence-corrected chi connectivity index (χ0v) is 9.04. The molecular formula is C5H6Cl4O3. The van der Waals surface area contributed by atoms with Gasteiger partial charge in [0.15, 0.2) is 0 Å². The largest absolute Gasteiger partial charge is 0.508 e. The van der Waals surface area contributed by atoms with E-state index in [1.165, 1.54) is 0 Å². The number of rotatable bonds is 0. The second kappa shape index (κ2) is 5.22. The lowest BCUT2D eigenvalue weighted by Crippen LogP contribution is -2.01. The molecule has 0 aromatic carbocycles. The fourth-order valence-electron chi connectivity index (χ4n) is 0.418. The van der Waals surface area contributed by atoms with E-state index in [0.717, 1.165) is 0 Å². The van der Waals surface area contributed by atoms with E-state index in [2.05, 4.69) is 9.47 Å². The number of cyclic esters (lactones) is 2. The van der Waals surface area contributed by atoms with Gasteiger partial charge in [0.05, 0.1) is 0 Å². The summed E-state index contributed by atoms with van der Waals surface area (Å²) < 4.78 is 7.29. The van der Waals surface area contributed by atoms with Crippen LogP contribution in [0.25, 0.3) is 0 Å². The van der Waals surface area contributed by atoms with E-state index >= 15 is 0 Å². The summed E-state index contributed by atoms with van der Waals surface area (Å²) in [5.41, 5.74) is 0. The van der Waals surface area contributed by atoms with Crippen LogP contribution in [-0.4, -0.2) is 22.1 Å². The highest BCUT2D eigenvalue weighted by molar-refractivity contribution is 6.83. The lowest BCUT2D eigenvalue weighted by Gasteiger charge is -1.91. The summed E-state index contributed by atoms with van der Waals surface area (Å²) in [6.45, 7) is 2.18. The Morgan fingerprint density at radius 1 is 1.42 bits per heavy atom. The van der Waals surface area contributed by atoms with Crippen LogP contribution in [-0.2, 0) is 9.47 Å². The molecule has 1 rings (SSSR count). The molecule has 7 heteroatoms. The summed E-state index contributed by atoms with van der Waals surface area (Å²) in [5, 5.41) is 0. The molecule has 1 saturated heterocycles. The minimum absolute atomic E-state index is 0.0486. The minimum Gasteiger partial charge on any atom is -0.430 e. The number of carbonyl (C=O) groups excluding carboxylic acids is 1. The third kappa shape index (κ3) is 10.4. The molecule has 0 aromatic heterocycles. The average Bonchev–Trinajstić information content (AvgIpc) is 2.09. The molecule has 0 radical (unpaired) electrons. The lowest BCUT2D eigenvalue weighted by molar-refractivity contribution is 0.121. The van der Waals surface area contributed by atoms with Crippen LogP contribution < -0.4 is 0 Å². The number of hydrogen-bond acceptors (Lipinski definition) is 3. The highest BCUT2D eigenvalue weighted by Gasteiger charge is 2.19. The van der Waals surface area contributed by atoms with Crippen LogP contribution in [0.4, 0.5) is 4.79 Å². The van der Waals surface area contributed by atoms with Crippen LogP contribution in [0, 0.1) is 0 Å². The molecule has 0 aliphatic carbocycles. The zero-order valence-electron chi connectivity index (χ0n) is 6.02. The van der Waals surface area contributed by atoms with Gasteiger partial charge in [0.1, 0.15) is 12.7 Å². The van der Waals surface area contributed by atoms with E-state index in [1.54, 1.807) is 6.92 Å². The third-order valence-electron chi connectivity index (χ3n) is 0.733. The van der Waals surface area contributed by atoms with Crippen molar-refractivity contribution in [3.63, 3.8) is 0 Å². The van der Waals surface area contributed by atoms with E-state index < -0.39 is 9.41 Å². The van der Waals surface area contributed by atoms with Crippen molar-refractivity contribution in [2.75, 3.05) is 6.61 Å². The summed E-state index contributed by atoms with van der Waals surface area (Å²) in [6.07, 6.45) is -0.597. The van der Waals surface area contributed by atoms with Gasteiger partial charge in [0.2, 0.25) is 0 Å². The van der Waals surface area contributed by atoms with Crippen molar-refractivity contribution in [1.29, 1.82) is 0 Å². The Bertz CT molecular complexity index is 149. The van der Waals surface area contributed by atoms with Crippen LogP contribution >= 0.6 is 46.4 Å². The zero-order chi connectivity index (χ0) is 9.78. The molecule has 0 aromatic rings. The minimum atomic E-state index is -1.61. The van der Waals surface area contributed by atoms with Gasteiger partial charge in [-0.1, -0.05) is 46.4 Å². The van der Waals surface area contributed by atoms with Gasteiger partial charge in [0, 0.05) is 0 Å². The Balaban J connectivity index is 0.000000217. The predicted octanol–water partition coefficient (Wildman–Crippen LogP) is 3.09. The highest BCUT2D eigenvalue weighted by Crippen LogP contribution is 2.29. The van der Waals surface area contributed by atoms with Gasteiger partial charge in [-0.2, -0.15) is 0 Å². The van der Waals surface area contributed by atoms with Crippen molar-refractivity contribution >= 4 is 52.6 Å². The molecule has 0 spiro atoms. The van der Waals surface area contributed by atoms with E-state index in [4.69, 9.17) is 46.4 Å². The normalized spacial score (nSPS) is 22.1. The fraction of sp³-hybridized carbons (Fsp3) is 0.800. The molecule has 1 atom stereocenters. The molecule has 12 heavy (non-hydrogen) atoms.